The van der Waals surface area contributed by atoms with Crippen molar-refractivity contribution < 1.29 is 4.39 Å². The first kappa shape index (κ1) is 6.89. The molecule has 0 spiro atoms. The minimum atomic E-state index is -0.330. The smallest absolute Gasteiger partial charge is 0.0957 e. The monoisotopic (exact) mass is 105 g/mol. The average Bonchev–Trinajstić information content (AvgIpc) is 1.68. The summed E-state index contributed by atoms with van der Waals surface area (Å²) < 4.78 is 11.7. The molecule has 7 heavy (non-hydrogen) atoms. The maximum Gasteiger partial charge on any atom is 0.0957 e. The highest BCUT2D eigenvalue weighted by Crippen LogP contribution is 2.11. The van der Waals surface area contributed by atoms with E-state index in [0.29, 0.717) is 6.54 Å². The molecule has 0 saturated carbocycles. The van der Waals surface area contributed by atoms with Crippen molar-refractivity contribution in [1.82, 2.24) is 0 Å². The zero-order valence-corrected chi connectivity index (χ0v) is 4.87. The van der Waals surface area contributed by atoms with E-state index in [9.17, 15) is 4.39 Å². The lowest BCUT2D eigenvalue weighted by Gasteiger charge is -2.15. The highest BCUT2D eigenvalue weighted by atomic mass is 19.1. The molecule has 0 fully saturated rings. The lowest BCUT2D eigenvalue weighted by atomic mass is 9.96. The zero-order valence-electron chi connectivity index (χ0n) is 4.87. The highest BCUT2D eigenvalue weighted by Gasteiger charge is 2.13. The lowest BCUT2D eigenvalue weighted by Crippen LogP contribution is -2.25. The normalized spacial score (nSPS) is 12.0. The molecule has 0 aromatic heterocycles. The van der Waals surface area contributed by atoms with E-state index in [-0.39, 0.29) is 12.1 Å². The van der Waals surface area contributed by atoms with Crippen molar-refractivity contribution in [2.45, 2.75) is 13.8 Å². The van der Waals surface area contributed by atoms with Crippen LogP contribution in [0.1, 0.15) is 13.8 Å². The Hall–Kier alpha value is -0.110. The van der Waals surface area contributed by atoms with Gasteiger partial charge < -0.3 is 5.73 Å². The number of halogens is 1. The molecule has 0 aliphatic carbocycles. The van der Waals surface area contributed by atoms with Crippen LogP contribution < -0.4 is 5.73 Å². The summed E-state index contributed by atoms with van der Waals surface area (Å²) in [5.74, 6) is 0. The van der Waals surface area contributed by atoms with Gasteiger partial charge in [-0.05, 0) is 6.54 Å². The SMILES string of the molecule is CC(C)(CN)CF. The van der Waals surface area contributed by atoms with E-state index in [1.807, 2.05) is 0 Å². The summed E-state index contributed by atoms with van der Waals surface area (Å²) in [4.78, 5) is 0. The van der Waals surface area contributed by atoms with Crippen LogP contribution in [-0.4, -0.2) is 13.2 Å². The molecule has 2 heteroatoms. The molecule has 0 rings (SSSR count). The minimum Gasteiger partial charge on any atom is -0.330 e. The predicted octanol–water partition coefficient (Wildman–Crippen LogP) is 0.941. The van der Waals surface area contributed by atoms with E-state index < -0.39 is 0 Å². The maximum atomic E-state index is 11.7. The van der Waals surface area contributed by atoms with Gasteiger partial charge in [-0.1, -0.05) is 13.8 Å². The van der Waals surface area contributed by atoms with Crippen LogP contribution in [0.2, 0.25) is 0 Å². The Labute approximate surface area is 43.7 Å². The van der Waals surface area contributed by atoms with Crippen LogP contribution in [0.25, 0.3) is 0 Å². The molecule has 0 heterocycles. The third kappa shape index (κ3) is 2.57. The van der Waals surface area contributed by atoms with Crippen molar-refractivity contribution in [3.8, 4) is 0 Å². The summed E-state index contributed by atoms with van der Waals surface area (Å²) in [6.07, 6.45) is 0. The van der Waals surface area contributed by atoms with Crippen molar-refractivity contribution in [3.05, 3.63) is 0 Å². The second kappa shape index (κ2) is 2.26. The summed E-state index contributed by atoms with van der Waals surface area (Å²) in [6, 6.07) is 0. The van der Waals surface area contributed by atoms with Gasteiger partial charge >= 0.3 is 0 Å². The molecule has 44 valence electrons. The molecule has 0 aliphatic heterocycles. The van der Waals surface area contributed by atoms with Gasteiger partial charge in [-0.2, -0.15) is 0 Å². The molecular weight excluding hydrogens is 93.1 g/mol. The van der Waals surface area contributed by atoms with Gasteiger partial charge in [0.05, 0.1) is 6.67 Å². The lowest BCUT2D eigenvalue weighted by molar-refractivity contribution is 0.267. The fourth-order valence-electron chi connectivity index (χ4n) is 0.0546. The Kier molecular flexibility index (Phi) is 2.23. The molecular formula is C5H12FN. The molecule has 0 amide bonds. The largest absolute Gasteiger partial charge is 0.330 e. The molecule has 0 aliphatic rings. The third-order valence-electron chi connectivity index (χ3n) is 0.914. The number of rotatable bonds is 2. The third-order valence-corrected chi connectivity index (χ3v) is 0.914. The first-order valence-electron chi connectivity index (χ1n) is 2.38. The van der Waals surface area contributed by atoms with E-state index in [4.69, 9.17) is 5.73 Å². The van der Waals surface area contributed by atoms with Crippen molar-refractivity contribution >= 4 is 0 Å². The van der Waals surface area contributed by atoms with E-state index >= 15 is 0 Å². The number of hydrogen-bond acceptors (Lipinski definition) is 1. The van der Waals surface area contributed by atoms with Crippen molar-refractivity contribution in [3.63, 3.8) is 0 Å². The van der Waals surface area contributed by atoms with Crippen LogP contribution in [-0.2, 0) is 0 Å². The summed E-state index contributed by atoms with van der Waals surface area (Å²) in [6.45, 7) is 3.69. The molecule has 2 N–H and O–H groups in total. The summed E-state index contributed by atoms with van der Waals surface area (Å²) >= 11 is 0. The molecule has 0 aromatic rings. The maximum absolute atomic E-state index is 11.7. The second-order valence-corrected chi connectivity index (χ2v) is 2.50. The van der Waals surface area contributed by atoms with Gasteiger partial charge in [0.1, 0.15) is 0 Å². The quantitative estimate of drug-likeness (QED) is 0.555. The van der Waals surface area contributed by atoms with Crippen LogP contribution in [0, 0.1) is 5.41 Å². The van der Waals surface area contributed by atoms with Crippen molar-refractivity contribution in [2.75, 3.05) is 13.2 Å². The molecule has 0 saturated heterocycles. The van der Waals surface area contributed by atoms with Gasteiger partial charge in [-0.25, -0.2) is 0 Å². The molecule has 0 bridgehead atoms. The minimum absolute atomic E-state index is 0.306. The molecule has 0 atom stereocenters. The van der Waals surface area contributed by atoms with Crippen molar-refractivity contribution in [2.24, 2.45) is 11.1 Å². The van der Waals surface area contributed by atoms with Crippen LogP contribution in [0.5, 0.6) is 0 Å². The van der Waals surface area contributed by atoms with Crippen LogP contribution in [0.15, 0.2) is 0 Å². The second-order valence-electron chi connectivity index (χ2n) is 2.50. The van der Waals surface area contributed by atoms with Crippen LogP contribution in [0.4, 0.5) is 4.39 Å². The fourth-order valence-corrected chi connectivity index (χ4v) is 0.0546. The van der Waals surface area contributed by atoms with Gasteiger partial charge in [-0.15, -0.1) is 0 Å². The van der Waals surface area contributed by atoms with Gasteiger partial charge in [0.25, 0.3) is 0 Å². The molecule has 1 nitrogen and oxygen atoms in total. The van der Waals surface area contributed by atoms with Crippen LogP contribution in [0.3, 0.4) is 0 Å². The average molecular weight is 105 g/mol. The molecule has 0 unspecified atom stereocenters. The Morgan fingerprint density at radius 1 is 1.57 bits per heavy atom. The number of alkyl halides is 1. The Balaban J connectivity index is 3.36. The van der Waals surface area contributed by atoms with Gasteiger partial charge in [0.2, 0.25) is 0 Å². The van der Waals surface area contributed by atoms with Crippen LogP contribution >= 0.6 is 0 Å². The molecule has 0 aromatic carbocycles. The predicted molar refractivity (Wildman–Crippen MR) is 28.8 cm³/mol. The number of nitrogens with two attached hydrogens (primary N) is 1. The van der Waals surface area contributed by atoms with E-state index in [1.54, 1.807) is 13.8 Å². The topological polar surface area (TPSA) is 26.0 Å². The summed E-state index contributed by atoms with van der Waals surface area (Å²) in [5, 5.41) is 0. The first-order chi connectivity index (χ1) is 3.12. The van der Waals surface area contributed by atoms with Gasteiger partial charge in [0.15, 0.2) is 0 Å². The first-order valence-corrected chi connectivity index (χ1v) is 2.38. The highest BCUT2D eigenvalue weighted by molar-refractivity contribution is 4.66. The van der Waals surface area contributed by atoms with E-state index in [0.717, 1.165) is 0 Å². The Morgan fingerprint density at radius 2 is 2.00 bits per heavy atom. The summed E-state index contributed by atoms with van der Waals surface area (Å²) in [5.41, 5.74) is 4.87. The van der Waals surface area contributed by atoms with Gasteiger partial charge in [0, 0.05) is 5.41 Å². The van der Waals surface area contributed by atoms with Gasteiger partial charge in [-0.3, -0.25) is 4.39 Å². The Morgan fingerprint density at radius 3 is 2.00 bits per heavy atom. The standard InChI is InChI=1S/C5H12FN/c1-5(2,3-6)4-7/h3-4,7H2,1-2H3. The fraction of sp³-hybridized carbons (Fsp3) is 1.00. The van der Waals surface area contributed by atoms with Crippen molar-refractivity contribution in [1.29, 1.82) is 0 Å². The Bertz CT molecular complexity index is 46.0. The number of hydrogen-bond donors (Lipinski definition) is 1. The molecule has 0 radical (unpaired) electrons. The zero-order chi connectivity index (χ0) is 5.91. The van der Waals surface area contributed by atoms with E-state index in [1.165, 1.54) is 0 Å². The summed E-state index contributed by atoms with van der Waals surface area (Å²) in [7, 11) is 0. The van der Waals surface area contributed by atoms with E-state index in [2.05, 4.69) is 0 Å².